The number of sulfonamides is 1. The molecule has 0 amide bonds. The van der Waals surface area contributed by atoms with E-state index in [-0.39, 0.29) is 17.0 Å². The first-order valence-corrected chi connectivity index (χ1v) is 9.67. The third kappa shape index (κ3) is 2.71. The highest BCUT2D eigenvalue weighted by molar-refractivity contribution is 7.99. The Labute approximate surface area is 127 Å². The molecule has 2 atom stereocenters. The van der Waals surface area contributed by atoms with Crippen molar-refractivity contribution < 1.29 is 17.2 Å². The van der Waals surface area contributed by atoms with Gasteiger partial charge in [0, 0.05) is 23.4 Å². The fraction of sp³-hybridized carbons (Fsp3) is 0.571. The molecule has 0 spiro atoms. The second kappa shape index (κ2) is 5.52. The molecular weight excluding hydrogens is 316 g/mol. The van der Waals surface area contributed by atoms with Crippen LogP contribution in [0.4, 0.5) is 8.78 Å². The number of hydrogen-bond donors (Lipinski definition) is 0. The van der Waals surface area contributed by atoms with Gasteiger partial charge in [-0.25, -0.2) is 17.2 Å². The van der Waals surface area contributed by atoms with Crippen molar-refractivity contribution in [3.8, 4) is 0 Å². The largest absolute Gasteiger partial charge is 0.243 e. The second-order valence-electron chi connectivity index (χ2n) is 5.65. The second-order valence-corrected chi connectivity index (χ2v) is 8.64. The van der Waals surface area contributed by atoms with Gasteiger partial charge in [-0.3, -0.25) is 0 Å². The SMILES string of the molecule is CSC1CC2CCC(C1)N2S(=O)(=O)c1cc(F)cc(F)c1. The summed E-state index contributed by atoms with van der Waals surface area (Å²) >= 11 is 1.77. The Morgan fingerprint density at radius 1 is 1.10 bits per heavy atom. The van der Waals surface area contributed by atoms with Gasteiger partial charge in [0.05, 0.1) is 4.90 Å². The van der Waals surface area contributed by atoms with Crippen molar-refractivity contribution in [2.45, 2.75) is 47.9 Å². The molecule has 7 heteroatoms. The van der Waals surface area contributed by atoms with Crippen LogP contribution in [0.25, 0.3) is 0 Å². The third-order valence-electron chi connectivity index (χ3n) is 4.37. The smallest absolute Gasteiger partial charge is 0.207 e. The van der Waals surface area contributed by atoms with Gasteiger partial charge in [-0.1, -0.05) is 0 Å². The van der Waals surface area contributed by atoms with E-state index < -0.39 is 21.7 Å². The van der Waals surface area contributed by atoms with Crippen LogP contribution in [0.2, 0.25) is 0 Å². The molecule has 2 bridgehead atoms. The van der Waals surface area contributed by atoms with Gasteiger partial charge in [0.2, 0.25) is 10.0 Å². The molecule has 2 unspecified atom stereocenters. The van der Waals surface area contributed by atoms with Gasteiger partial charge in [-0.2, -0.15) is 16.1 Å². The zero-order valence-corrected chi connectivity index (χ0v) is 13.3. The van der Waals surface area contributed by atoms with Crippen LogP contribution in [-0.4, -0.2) is 36.3 Å². The van der Waals surface area contributed by atoms with Gasteiger partial charge in [-0.15, -0.1) is 0 Å². The highest BCUT2D eigenvalue weighted by atomic mass is 32.2. The van der Waals surface area contributed by atoms with Gasteiger partial charge in [0.25, 0.3) is 0 Å². The molecule has 21 heavy (non-hydrogen) atoms. The lowest BCUT2D eigenvalue weighted by molar-refractivity contribution is 0.253. The van der Waals surface area contributed by atoms with E-state index in [0.29, 0.717) is 11.3 Å². The number of piperidine rings is 1. The molecular formula is C14H17F2NO2S2. The van der Waals surface area contributed by atoms with Gasteiger partial charge < -0.3 is 0 Å². The van der Waals surface area contributed by atoms with E-state index in [4.69, 9.17) is 0 Å². The maximum atomic E-state index is 13.3. The minimum absolute atomic E-state index is 0.0440. The van der Waals surface area contributed by atoms with Crippen molar-refractivity contribution >= 4 is 21.8 Å². The summed E-state index contributed by atoms with van der Waals surface area (Å²) in [4.78, 5) is -0.278. The van der Waals surface area contributed by atoms with Crippen LogP contribution in [0.3, 0.4) is 0 Å². The highest BCUT2D eigenvalue weighted by Gasteiger charge is 2.47. The molecule has 3 rings (SSSR count). The van der Waals surface area contributed by atoms with E-state index >= 15 is 0 Å². The normalized spacial score (nSPS) is 29.8. The summed E-state index contributed by atoms with van der Waals surface area (Å²) in [6.45, 7) is 0. The summed E-state index contributed by atoms with van der Waals surface area (Å²) in [5.41, 5.74) is 0. The molecule has 116 valence electrons. The Hall–Kier alpha value is -0.660. The van der Waals surface area contributed by atoms with Crippen LogP contribution in [0.5, 0.6) is 0 Å². The molecule has 2 aliphatic rings. The van der Waals surface area contributed by atoms with Gasteiger partial charge in [0.1, 0.15) is 11.6 Å². The van der Waals surface area contributed by atoms with Gasteiger partial charge in [-0.05, 0) is 44.1 Å². The van der Waals surface area contributed by atoms with Crippen molar-refractivity contribution in [3.05, 3.63) is 29.8 Å². The van der Waals surface area contributed by atoms with Gasteiger partial charge in [0.15, 0.2) is 0 Å². The third-order valence-corrected chi connectivity index (χ3v) is 7.40. The van der Waals surface area contributed by atoms with Crippen LogP contribution in [0.15, 0.2) is 23.1 Å². The van der Waals surface area contributed by atoms with Crippen molar-refractivity contribution in [3.63, 3.8) is 0 Å². The summed E-state index contributed by atoms with van der Waals surface area (Å²) in [5.74, 6) is -1.72. The monoisotopic (exact) mass is 333 g/mol. The van der Waals surface area contributed by atoms with Crippen molar-refractivity contribution in [1.29, 1.82) is 0 Å². The predicted octanol–water partition coefficient (Wildman–Crippen LogP) is 3.01. The van der Waals surface area contributed by atoms with Crippen LogP contribution < -0.4 is 0 Å². The molecule has 1 aromatic rings. The molecule has 2 heterocycles. The van der Waals surface area contributed by atoms with E-state index in [9.17, 15) is 17.2 Å². The Balaban J connectivity index is 1.96. The molecule has 0 N–H and O–H groups in total. The zero-order valence-electron chi connectivity index (χ0n) is 11.6. The average Bonchev–Trinajstić information content (AvgIpc) is 2.70. The molecule has 2 saturated heterocycles. The van der Waals surface area contributed by atoms with Crippen molar-refractivity contribution in [1.82, 2.24) is 4.31 Å². The zero-order chi connectivity index (χ0) is 15.2. The Kier molecular flexibility index (Phi) is 4.00. The number of benzene rings is 1. The summed E-state index contributed by atoms with van der Waals surface area (Å²) in [6.07, 6.45) is 5.33. The van der Waals surface area contributed by atoms with Crippen LogP contribution in [0, 0.1) is 11.6 Å². The number of halogens is 2. The lowest BCUT2D eigenvalue weighted by Gasteiger charge is -2.37. The van der Waals surface area contributed by atoms with Gasteiger partial charge >= 0.3 is 0 Å². The van der Waals surface area contributed by atoms with E-state index in [2.05, 4.69) is 0 Å². The van der Waals surface area contributed by atoms with Crippen LogP contribution >= 0.6 is 11.8 Å². The maximum absolute atomic E-state index is 13.3. The minimum atomic E-state index is -3.83. The fourth-order valence-electron chi connectivity index (χ4n) is 3.47. The Morgan fingerprint density at radius 3 is 2.10 bits per heavy atom. The Morgan fingerprint density at radius 2 is 1.62 bits per heavy atom. The molecule has 1 aromatic carbocycles. The molecule has 2 aliphatic heterocycles. The molecule has 0 aliphatic carbocycles. The number of rotatable bonds is 3. The van der Waals surface area contributed by atoms with E-state index in [1.165, 1.54) is 4.31 Å². The summed E-state index contributed by atoms with van der Waals surface area (Å²) in [6, 6.07) is 2.40. The van der Waals surface area contributed by atoms with Crippen molar-refractivity contribution in [2.75, 3.05) is 6.26 Å². The molecule has 0 radical (unpaired) electrons. The Bertz CT molecular complexity index is 616. The minimum Gasteiger partial charge on any atom is -0.207 e. The van der Waals surface area contributed by atoms with E-state index in [0.717, 1.165) is 37.8 Å². The summed E-state index contributed by atoms with van der Waals surface area (Å²) in [5, 5.41) is 0.471. The number of fused-ring (bicyclic) bond motifs is 2. The first-order valence-electron chi connectivity index (χ1n) is 6.94. The standard InChI is InChI=1S/C14H17F2NO2S2/c1-20-13-7-11-2-3-12(8-13)17(11)21(18,19)14-5-9(15)4-10(16)6-14/h4-6,11-13H,2-3,7-8H2,1H3. The van der Waals surface area contributed by atoms with E-state index in [1.807, 2.05) is 6.26 Å². The topological polar surface area (TPSA) is 37.4 Å². The summed E-state index contributed by atoms with van der Waals surface area (Å²) in [7, 11) is -3.83. The first kappa shape index (κ1) is 15.2. The molecule has 0 saturated carbocycles. The average molecular weight is 333 g/mol. The summed E-state index contributed by atoms with van der Waals surface area (Å²) < 4.78 is 53.6. The highest BCUT2D eigenvalue weighted by Crippen LogP contribution is 2.42. The number of thioether (sulfide) groups is 1. The van der Waals surface area contributed by atoms with Crippen molar-refractivity contribution in [2.24, 2.45) is 0 Å². The maximum Gasteiger partial charge on any atom is 0.243 e. The fourth-order valence-corrected chi connectivity index (χ4v) is 6.23. The molecule has 0 aromatic heterocycles. The quantitative estimate of drug-likeness (QED) is 0.853. The molecule has 2 fully saturated rings. The number of nitrogens with zero attached hydrogens (tertiary/aromatic N) is 1. The lowest BCUT2D eigenvalue weighted by atomic mass is 10.1. The lowest BCUT2D eigenvalue weighted by Crippen LogP contribution is -2.47. The van der Waals surface area contributed by atoms with Crippen LogP contribution in [-0.2, 0) is 10.0 Å². The first-order chi connectivity index (χ1) is 9.91. The predicted molar refractivity (Wildman–Crippen MR) is 78.7 cm³/mol. The van der Waals surface area contributed by atoms with Crippen LogP contribution in [0.1, 0.15) is 25.7 Å². The van der Waals surface area contributed by atoms with E-state index in [1.54, 1.807) is 11.8 Å². The number of hydrogen-bond acceptors (Lipinski definition) is 3. The molecule has 3 nitrogen and oxygen atoms in total.